The van der Waals surface area contributed by atoms with E-state index in [4.69, 9.17) is 9.15 Å². The molecule has 0 aliphatic heterocycles. The van der Waals surface area contributed by atoms with E-state index in [0.29, 0.717) is 13.2 Å². The molecule has 6 heteroatoms. The standard InChI is InChI=1S/C19H27N3O2.HI/c1-4-20-19(21-13-12-17-7-6-14-24-17)22(3)15-16-8-10-18(11-9-16)23-5-2;/h6-11,14H,4-5,12-13,15H2,1-3H3,(H,20,21);1H. The lowest BCUT2D eigenvalue weighted by Crippen LogP contribution is -2.38. The minimum Gasteiger partial charge on any atom is -0.494 e. The molecule has 0 saturated heterocycles. The topological polar surface area (TPSA) is 50.0 Å². The summed E-state index contributed by atoms with van der Waals surface area (Å²) in [7, 11) is 2.05. The van der Waals surface area contributed by atoms with Crippen LogP contribution in [0.25, 0.3) is 0 Å². The number of furan rings is 1. The molecule has 25 heavy (non-hydrogen) atoms. The predicted octanol–water partition coefficient (Wildman–Crippen LogP) is 3.94. The first kappa shape index (κ1) is 21.3. The maximum absolute atomic E-state index is 5.48. The lowest BCUT2D eigenvalue weighted by atomic mass is 10.2. The van der Waals surface area contributed by atoms with Gasteiger partial charge in [-0.15, -0.1) is 24.0 Å². The van der Waals surface area contributed by atoms with Crippen molar-refractivity contribution < 1.29 is 9.15 Å². The average molecular weight is 457 g/mol. The number of nitrogens with one attached hydrogen (secondary N) is 1. The van der Waals surface area contributed by atoms with Crippen LogP contribution in [0.4, 0.5) is 0 Å². The summed E-state index contributed by atoms with van der Waals surface area (Å²) in [6.45, 7) is 7.08. The van der Waals surface area contributed by atoms with E-state index >= 15 is 0 Å². The largest absolute Gasteiger partial charge is 0.494 e. The van der Waals surface area contributed by atoms with Crippen molar-refractivity contribution >= 4 is 29.9 Å². The van der Waals surface area contributed by atoms with E-state index in [9.17, 15) is 0 Å². The Kier molecular flexibility index (Phi) is 10.1. The van der Waals surface area contributed by atoms with Crippen molar-refractivity contribution in [1.29, 1.82) is 0 Å². The summed E-state index contributed by atoms with van der Waals surface area (Å²) >= 11 is 0. The number of halogens is 1. The minimum atomic E-state index is 0. The molecule has 0 atom stereocenters. The maximum Gasteiger partial charge on any atom is 0.193 e. The molecule has 0 bridgehead atoms. The third-order valence-electron chi connectivity index (χ3n) is 3.55. The molecule has 5 nitrogen and oxygen atoms in total. The first-order chi connectivity index (χ1) is 11.7. The monoisotopic (exact) mass is 457 g/mol. The Bertz CT molecular complexity index is 612. The molecule has 2 rings (SSSR count). The number of benzene rings is 1. The highest BCUT2D eigenvalue weighted by Gasteiger charge is 2.07. The van der Waals surface area contributed by atoms with Crippen molar-refractivity contribution in [2.45, 2.75) is 26.8 Å². The van der Waals surface area contributed by atoms with Crippen molar-refractivity contribution in [1.82, 2.24) is 10.2 Å². The van der Waals surface area contributed by atoms with Crippen molar-refractivity contribution in [2.75, 3.05) is 26.7 Å². The fourth-order valence-corrected chi connectivity index (χ4v) is 2.40. The van der Waals surface area contributed by atoms with Crippen LogP contribution in [0, 0.1) is 0 Å². The van der Waals surface area contributed by atoms with Crippen molar-refractivity contribution in [3.05, 3.63) is 54.0 Å². The molecule has 2 aromatic rings. The molecule has 0 unspecified atom stereocenters. The van der Waals surface area contributed by atoms with E-state index in [1.165, 1.54) is 5.56 Å². The summed E-state index contributed by atoms with van der Waals surface area (Å²) in [5, 5.41) is 3.34. The molecule has 0 fully saturated rings. The lowest BCUT2D eigenvalue weighted by Gasteiger charge is -2.22. The highest BCUT2D eigenvalue weighted by molar-refractivity contribution is 14.0. The molecule has 1 aromatic carbocycles. The number of hydrogen-bond donors (Lipinski definition) is 1. The zero-order valence-corrected chi connectivity index (χ0v) is 17.5. The van der Waals surface area contributed by atoms with Crippen LogP contribution >= 0.6 is 24.0 Å². The molecular weight excluding hydrogens is 429 g/mol. The third kappa shape index (κ3) is 7.37. The Labute approximate surface area is 167 Å². The number of hydrogen-bond acceptors (Lipinski definition) is 3. The van der Waals surface area contributed by atoms with Crippen molar-refractivity contribution in [2.24, 2.45) is 4.99 Å². The molecule has 0 spiro atoms. The van der Waals surface area contributed by atoms with E-state index in [0.717, 1.165) is 37.0 Å². The van der Waals surface area contributed by atoms with Crippen LogP contribution in [0.15, 0.2) is 52.1 Å². The second-order valence-electron chi connectivity index (χ2n) is 5.50. The zero-order chi connectivity index (χ0) is 17.2. The fraction of sp³-hybridized carbons (Fsp3) is 0.421. The normalized spacial score (nSPS) is 10.9. The lowest BCUT2D eigenvalue weighted by molar-refractivity contribution is 0.340. The summed E-state index contributed by atoms with van der Waals surface area (Å²) < 4.78 is 10.8. The number of rotatable bonds is 8. The molecule has 1 N–H and O–H groups in total. The van der Waals surface area contributed by atoms with Gasteiger partial charge in [0.2, 0.25) is 0 Å². The van der Waals surface area contributed by atoms with Crippen LogP contribution in [-0.2, 0) is 13.0 Å². The molecule has 0 amide bonds. The van der Waals surface area contributed by atoms with Crippen LogP contribution in [0.3, 0.4) is 0 Å². The Balaban J connectivity index is 0.00000312. The van der Waals surface area contributed by atoms with Gasteiger partial charge in [-0.3, -0.25) is 4.99 Å². The second-order valence-corrected chi connectivity index (χ2v) is 5.50. The van der Waals surface area contributed by atoms with Gasteiger partial charge in [0.05, 0.1) is 12.9 Å². The third-order valence-corrected chi connectivity index (χ3v) is 3.55. The molecule has 1 heterocycles. The first-order valence-electron chi connectivity index (χ1n) is 8.46. The number of ether oxygens (including phenoxy) is 1. The maximum atomic E-state index is 5.48. The van der Waals surface area contributed by atoms with Gasteiger partial charge in [-0.05, 0) is 43.7 Å². The van der Waals surface area contributed by atoms with Gasteiger partial charge in [0.15, 0.2) is 5.96 Å². The van der Waals surface area contributed by atoms with Gasteiger partial charge >= 0.3 is 0 Å². The highest BCUT2D eigenvalue weighted by Crippen LogP contribution is 2.13. The molecule has 1 aromatic heterocycles. The smallest absolute Gasteiger partial charge is 0.193 e. The quantitative estimate of drug-likeness (QED) is 0.371. The van der Waals surface area contributed by atoms with Crippen LogP contribution in [-0.4, -0.2) is 37.6 Å². The average Bonchev–Trinajstić information content (AvgIpc) is 3.09. The molecule has 0 saturated carbocycles. The summed E-state index contributed by atoms with van der Waals surface area (Å²) in [5.41, 5.74) is 1.22. The van der Waals surface area contributed by atoms with Crippen LogP contribution in [0.5, 0.6) is 5.75 Å². The molecule has 0 aliphatic rings. The highest BCUT2D eigenvalue weighted by atomic mass is 127. The van der Waals surface area contributed by atoms with E-state index in [1.807, 2.05) is 38.2 Å². The van der Waals surface area contributed by atoms with E-state index in [2.05, 4.69) is 34.3 Å². The Morgan fingerprint density at radius 3 is 2.56 bits per heavy atom. The second kappa shape index (κ2) is 11.8. The van der Waals surface area contributed by atoms with Gasteiger partial charge in [0.1, 0.15) is 11.5 Å². The van der Waals surface area contributed by atoms with Gasteiger partial charge in [0, 0.05) is 33.1 Å². The Morgan fingerprint density at radius 2 is 1.96 bits per heavy atom. The van der Waals surface area contributed by atoms with Gasteiger partial charge in [-0.1, -0.05) is 12.1 Å². The predicted molar refractivity (Wildman–Crippen MR) is 113 cm³/mol. The van der Waals surface area contributed by atoms with E-state index < -0.39 is 0 Å². The van der Waals surface area contributed by atoms with Gasteiger partial charge in [-0.25, -0.2) is 0 Å². The summed E-state index contributed by atoms with van der Waals surface area (Å²) in [5.74, 6) is 2.77. The minimum absolute atomic E-state index is 0. The molecule has 0 aliphatic carbocycles. The first-order valence-corrected chi connectivity index (χ1v) is 8.46. The van der Waals surface area contributed by atoms with E-state index in [-0.39, 0.29) is 24.0 Å². The van der Waals surface area contributed by atoms with Crippen molar-refractivity contribution in [3.8, 4) is 5.75 Å². The summed E-state index contributed by atoms with van der Waals surface area (Å²) in [6, 6.07) is 12.1. The van der Waals surface area contributed by atoms with Crippen LogP contribution < -0.4 is 10.1 Å². The molecule has 0 radical (unpaired) electrons. The van der Waals surface area contributed by atoms with Gasteiger partial charge in [-0.2, -0.15) is 0 Å². The number of aliphatic imine (C=N–C) groups is 1. The zero-order valence-electron chi connectivity index (χ0n) is 15.2. The van der Waals surface area contributed by atoms with Crippen molar-refractivity contribution in [3.63, 3.8) is 0 Å². The summed E-state index contributed by atoms with van der Waals surface area (Å²) in [6.07, 6.45) is 2.50. The van der Waals surface area contributed by atoms with Crippen LogP contribution in [0.1, 0.15) is 25.2 Å². The Hall–Kier alpha value is -1.70. The molecule has 138 valence electrons. The fourth-order valence-electron chi connectivity index (χ4n) is 2.40. The van der Waals surface area contributed by atoms with Gasteiger partial charge < -0.3 is 19.4 Å². The van der Waals surface area contributed by atoms with E-state index in [1.54, 1.807) is 6.26 Å². The summed E-state index contributed by atoms with van der Waals surface area (Å²) in [4.78, 5) is 6.80. The number of nitrogens with zero attached hydrogens (tertiary/aromatic N) is 2. The van der Waals surface area contributed by atoms with Crippen LogP contribution in [0.2, 0.25) is 0 Å². The SMILES string of the molecule is CCNC(=NCCc1ccco1)N(C)Cc1ccc(OCC)cc1.I. The number of guanidine groups is 1. The van der Waals surface area contributed by atoms with Gasteiger partial charge in [0.25, 0.3) is 0 Å². The Morgan fingerprint density at radius 1 is 1.20 bits per heavy atom. The molecular formula is C19H28IN3O2.